The number of benzene rings is 1. The lowest BCUT2D eigenvalue weighted by Crippen LogP contribution is -2.60. The highest BCUT2D eigenvalue weighted by atomic mass is 16.7. The number of ether oxygens (including phenoxy) is 5. The largest absolute Gasteiger partial charge is 0.463 e. The maximum Gasteiger partial charge on any atom is 0.338 e. The molecule has 11 heteroatoms. The number of esters is 2. The van der Waals surface area contributed by atoms with Gasteiger partial charge in [-0.05, 0) is 125 Å². The van der Waals surface area contributed by atoms with Crippen LogP contribution in [0.5, 0.6) is 0 Å². The molecule has 3 aliphatic rings. The third-order valence-corrected chi connectivity index (χ3v) is 11.0. The van der Waals surface area contributed by atoms with Crippen LogP contribution in [-0.4, -0.2) is 124 Å². The van der Waals surface area contributed by atoms with Gasteiger partial charge in [0, 0.05) is 19.1 Å². The summed E-state index contributed by atoms with van der Waals surface area (Å²) in [6.07, 6.45) is 2.65. The highest BCUT2D eigenvalue weighted by Crippen LogP contribution is 2.38. The maximum absolute atomic E-state index is 14.4. The van der Waals surface area contributed by atoms with Crippen LogP contribution in [0.15, 0.2) is 30.3 Å². The minimum absolute atomic E-state index is 0.0333. The highest BCUT2D eigenvalue weighted by molar-refractivity contribution is 6.04. The molecule has 11 nitrogen and oxygen atoms in total. The van der Waals surface area contributed by atoms with E-state index in [1.165, 1.54) is 12.8 Å². The van der Waals surface area contributed by atoms with E-state index in [9.17, 15) is 14.4 Å². The fourth-order valence-electron chi connectivity index (χ4n) is 7.89. The van der Waals surface area contributed by atoms with E-state index >= 15 is 0 Å². The number of likely N-dealkylation sites (tertiary alicyclic amines) is 1. The predicted octanol–water partition coefficient (Wildman–Crippen LogP) is 4.72. The lowest BCUT2D eigenvalue weighted by molar-refractivity contribution is -0.295. The second-order valence-electron chi connectivity index (χ2n) is 15.9. The summed E-state index contributed by atoms with van der Waals surface area (Å²) in [6.45, 7) is 15.3. The van der Waals surface area contributed by atoms with Crippen LogP contribution in [0.1, 0.15) is 90.4 Å². The van der Waals surface area contributed by atoms with E-state index in [2.05, 4.69) is 17.1 Å². The van der Waals surface area contributed by atoms with Crippen molar-refractivity contribution in [2.24, 2.45) is 17.3 Å². The van der Waals surface area contributed by atoms with Gasteiger partial charge in [0.25, 0.3) is 0 Å². The molecular formula is C39H63N3O8. The van der Waals surface area contributed by atoms with E-state index < -0.39 is 47.4 Å². The minimum Gasteiger partial charge on any atom is -0.463 e. The van der Waals surface area contributed by atoms with Gasteiger partial charge in [0.1, 0.15) is 12.0 Å². The number of cyclic esters (lactones) is 1. The molecule has 1 aromatic carbocycles. The number of carbonyl (C=O) groups excluding carboxylic acids is 3. The molecule has 0 bridgehead atoms. The number of ketones is 1. The second-order valence-corrected chi connectivity index (χ2v) is 15.9. The van der Waals surface area contributed by atoms with Crippen LogP contribution in [0.25, 0.3) is 0 Å². The summed E-state index contributed by atoms with van der Waals surface area (Å²) in [6, 6.07) is 8.59. The number of hydrogen-bond donors (Lipinski definition) is 1. The van der Waals surface area contributed by atoms with E-state index in [0.29, 0.717) is 24.9 Å². The lowest BCUT2D eigenvalue weighted by Gasteiger charge is -2.47. The average Bonchev–Trinajstić information content (AvgIpc) is 3.61. The first-order valence-corrected chi connectivity index (χ1v) is 18.6. The van der Waals surface area contributed by atoms with Crippen LogP contribution in [-0.2, 0) is 33.3 Å². The fraction of sp³-hybridized carbons (Fsp3) is 0.769. The van der Waals surface area contributed by atoms with Crippen molar-refractivity contribution in [3.05, 3.63) is 35.9 Å². The zero-order valence-corrected chi connectivity index (χ0v) is 31.9. The molecule has 9 atom stereocenters. The van der Waals surface area contributed by atoms with E-state index in [1.54, 1.807) is 52.1 Å². The highest BCUT2D eigenvalue weighted by Gasteiger charge is 2.52. The normalized spacial score (nSPS) is 34.8. The summed E-state index contributed by atoms with van der Waals surface area (Å²) in [5.74, 6) is -2.04. The molecule has 3 fully saturated rings. The first-order valence-electron chi connectivity index (χ1n) is 18.6. The quantitative estimate of drug-likeness (QED) is 0.270. The molecule has 4 rings (SSSR count). The van der Waals surface area contributed by atoms with Gasteiger partial charge in [-0.25, -0.2) is 4.79 Å². The molecule has 50 heavy (non-hydrogen) atoms. The Labute approximate surface area is 300 Å². The Morgan fingerprint density at radius 3 is 2.38 bits per heavy atom. The van der Waals surface area contributed by atoms with Gasteiger partial charge in [-0.3, -0.25) is 9.59 Å². The average molecular weight is 702 g/mol. The van der Waals surface area contributed by atoms with E-state index in [-0.39, 0.29) is 36.5 Å². The van der Waals surface area contributed by atoms with Gasteiger partial charge < -0.3 is 38.8 Å². The van der Waals surface area contributed by atoms with Crippen LogP contribution in [0.4, 0.5) is 0 Å². The summed E-state index contributed by atoms with van der Waals surface area (Å²) in [5, 5.41) is 3.67. The fourth-order valence-corrected chi connectivity index (χ4v) is 7.89. The van der Waals surface area contributed by atoms with Crippen molar-refractivity contribution < 1.29 is 38.1 Å². The van der Waals surface area contributed by atoms with E-state index in [4.69, 9.17) is 23.7 Å². The molecule has 282 valence electrons. The molecule has 1 aromatic rings. The molecule has 0 amide bonds. The molecule has 9 unspecified atom stereocenters. The first-order chi connectivity index (χ1) is 23.7. The molecule has 0 aliphatic carbocycles. The molecule has 3 saturated heterocycles. The number of nitrogens with one attached hydrogen (secondary N) is 1. The van der Waals surface area contributed by atoms with Gasteiger partial charge in [0.2, 0.25) is 0 Å². The summed E-state index contributed by atoms with van der Waals surface area (Å²) < 4.78 is 31.7. The number of hydrogen-bond acceptors (Lipinski definition) is 11. The molecule has 1 N–H and O–H groups in total. The summed E-state index contributed by atoms with van der Waals surface area (Å²) in [4.78, 5) is 46.0. The van der Waals surface area contributed by atoms with Gasteiger partial charge >= 0.3 is 11.9 Å². The monoisotopic (exact) mass is 701 g/mol. The van der Waals surface area contributed by atoms with Crippen LogP contribution < -0.4 is 5.32 Å². The van der Waals surface area contributed by atoms with Crippen molar-refractivity contribution in [2.75, 3.05) is 54.0 Å². The zero-order chi connectivity index (χ0) is 36.6. The third-order valence-electron chi connectivity index (χ3n) is 11.0. The van der Waals surface area contributed by atoms with Crippen molar-refractivity contribution >= 4 is 17.7 Å². The minimum atomic E-state index is -1.44. The molecule has 0 aromatic heterocycles. The Hall–Kier alpha value is -2.41. The summed E-state index contributed by atoms with van der Waals surface area (Å²) in [5.41, 5.74) is -1.99. The zero-order valence-electron chi connectivity index (χ0n) is 31.9. The first kappa shape index (κ1) is 40.4. The van der Waals surface area contributed by atoms with Gasteiger partial charge in [0.05, 0.1) is 29.4 Å². The summed E-state index contributed by atoms with van der Waals surface area (Å²) in [7, 11) is 5.51. The Bertz CT molecular complexity index is 1250. The number of carbonyl (C=O) groups is 3. The topological polar surface area (TPSA) is 116 Å². The lowest BCUT2D eigenvalue weighted by atomic mass is 9.74. The maximum atomic E-state index is 14.4. The van der Waals surface area contributed by atoms with Crippen LogP contribution in [0.2, 0.25) is 0 Å². The number of rotatable bonds is 10. The third kappa shape index (κ3) is 10.1. The standard InChI is InChI=1S/C39H63N3O8/c1-26-23-39(6,46-9)34(50-36-32(31(41(7)8)22-27(2)48-36)49-35(44)29-16-11-10-12-17-29)28(3)33(43)38(4,5)37(45)47-25-30(40-24-26)18-15-21-42-19-13-14-20-42/h10-12,16-17,26-28,30-32,34,36,40H,13-15,18-25H2,1-9H3. The van der Waals surface area contributed by atoms with Crippen molar-refractivity contribution in [3.8, 4) is 0 Å². The Morgan fingerprint density at radius 2 is 1.74 bits per heavy atom. The number of likely N-dealkylation sites (N-methyl/N-ethyl adjacent to an activating group) is 1. The number of Topliss-reactive ketones (excluding diaryl/α,β-unsaturated/α-hetero) is 1. The van der Waals surface area contributed by atoms with Crippen LogP contribution in [0, 0.1) is 17.3 Å². The van der Waals surface area contributed by atoms with Crippen molar-refractivity contribution in [2.45, 2.75) is 122 Å². The molecule has 0 radical (unpaired) electrons. The SMILES string of the molecule is COC1(C)CC(C)CNC(CCCN2CCCC2)COC(=O)C(C)(C)C(=O)C(C)C1OC1OC(C)CC(N(C)C)C1OC(=O)c1ccccc1. The summed E-state index contributed by atoms with van der Waals surface area (Å²) >= 11 is 0. The Morgan fingerprint density at radius 1 is 1.06 bits per heavy atom. The van der Waals surface area contributed by atoms with E-state index in [1.807, 2.05) is 38.9 Å². The molecular weight excluding hydrogens is 638 g/mol. The van der Waals surface area contributed by atoms with Gasteiger partial charge in [-0.15, -0.1) is 0 Å². The second kappa shape index (κ2) is 17.9. The molecule has 3 aliphatic heterocycles. The Balaban J connectivity index is 1.63. The van der Waals surface area contributed by atoms with Gasteiger partial charge in [-0.1, -0.05) is 32.0 Å². The van der Waals surface area contributed by atoms with Crippen LogP contribution >= 0.6 is 0 Å². The molecule has 3 heterocycles. The van der Waals surface area contributed by atoms with E-state index in [0.717, 1.165) is 32.5 Å². The van der Waals surface area contributed by atoms with Gasteiger partial charge in [0.15, 0.2) is 18.2 Å². The smallest absolute Gasteiger partial charge is 0.338 e. The number of methoxy groups -OCH3 is 1. The Kier molecular flexibility index (Phi) is 14.4. The number of nitrogens with zero attached hydrogens (tertiary/aromatic N) is 2. The van der Waals surface area contributed by atoms with Gasteiger partial charge in [-0.2, -0.15) is 0 Å². The van der Waals surface area contributed by atoms with Crippen molar-refractivity contribution in [1.82, 2.24) is 15.1 Å². The predicted molar refractivity (Wildman–Crippen MR) is 192 cm³/mol. The molecule has 0 saturated carbocycles. The van der Waals surface area contributed by atoms with Crippen molar-refractivity contribution in [3.63, 3.8) is 0 Å². The molecule has 0 spiro atoms. The van der Waals surface area contributed by atoms with Crippen molar-refractivity contribution in [1.29, 1.82) is 0 Å². The van der Waals surface area contributed by atoms with Crippen LogP contribution in [0.3, 0.4) is 0 Å².